The molecule has 0 bridgehead atoms. The first-order valence-corrected chi connectivity index (χ1v) is 8.60. The van der Waals surface area contributed by atoms with Crippen LogP contribution < -0.4 is 10.1 Å². The zero-order valence-electron chi connectivity index (χ0n) is 15.6. The maximum atomic E-state index is 12.5. The van der Waals surface area contributed by atoms with Crippen LogP contribution in [0, 0.1) is 6.92 Å². The fourth-order valence-electron chi connectivity index (χ4n) is 2.69. The molecule has 27 heavy (non-hydrogen) atoms. The molecule has 1 N–H and O–H groups in total. The first-order chi connectivity index (χ1) is 13.1. The number of ether oxygens (including phenoxy) is 1. The number of methoxy groups -OCH3 is 1. The summed E-state index contributed by atoms with van der Waals surface area (Å²) in [7, 11) is 3.37. The van der Waals surface area contributed by atoms with Gasteiger partial charge in [-0.2, -0.15) is 0 Å². The third-order valence-corrected chi connectivity index (χ3v) is 4.10. The summed E-state index contributed by atoms with van der Waals surface area (Å²) in [6.07, 6.45) is 3.03. The quantitative estimate of drug-likeness (QED) is 0.722. The van der Waals surface area contributed by atoms with E-state index in [2.05, 4.69) is 15.3 Å². The number of benzene rings is 2. The molecule has 6 nitrogen and oxygen atoms in total. The molecule has 0 fully saturated rings. The van der Waals surface area contributed by atoms with Gasteiger partial charge < -0.3 is 15.0 Å². The van der Waals surface area contributed by atoms with Crippen LogP contribution in [0.4, 0.5) is 11.5 Å². The Morgan fingerprint density at radius 3 is 2.56 bits per heavy atom. The van der Waals surface area contributed by atoms with Crippen LogP contribution >= 0.6 is 0 Å². The van der Waals surface area contributed by atoms with Gasteiger partial charge in [0.25, 0.3) is 5.91 Å². The SMILES string of the molecule is COc1ccc(C)cc1Nc1cnc(C(=O)N(C)Cc2ccccc2)cn1. The minimum atomic E-state index is -0.175. The Labute approximate surface area is 158 Å². The molecule has 0 atom stereocenters. The third kappa shape index (κ3) is 4.61. The largest absolute Gasteiger partial charge is 0.495 e. The van der Waals surface area contributed by atoms with E-state index in [1.807, 2.05) is 55.5 Å². The Kier molecular flexibility index (Phi) is 5.66. The van der Waals surface area contributed by atoms with Crippen molar-refractivity contribution in [3.63, 3.8) is 0 Å². The number of nitrogens with one attached hydrogen (secondary N) is 1. The molecule has 0 saturated heterocycles. The number of hydrogen-bond acceptors (Lipinski definition) is 5. The monoisotopic (exact) mass is 362 g/mol. The van der Waals surface area contributed by atoms with E-state index >= 15 is 0 Å². The summed E-state index contributed by atoms with van der Waals surface area (Å²) in [6, 6.07) is 15.6. The minimum Gasteiger partial charge on any atom is -0.495 e. The molecule has 6 heteroatoms. The van der Waals surface area contributed by atoms with Gasteiger partial charge in [-0.1, -0.05) is 36.4 Å². The van der Waals surface area contributed by atoms with Gasteiger partial charge >= 0.3 is 0 Å². The van der Waals surface area contributed by atoms with Crippen LogP contribution in [-0.4, -0.2) is 34.9 Å². The summed E-state index contributed by atoms with van der Waals surface area (Å²) in [4.78, 5) is 22.7. The highest BCUT2D eigenvalue weighted by atomic mass is 16.5. The number of amides is 1. The second kappa shape index (κ2) is 8.31. The number of carbonyl (C=O) groups is 1. The van der Waals surface area contributed by atoms with Crippen molar-refractivity contribution >= 4 is 17.4 Å². The lowest BCUT2D eigenvalue weighted by Crippen LogP contribution is -2.27. The van der Waals surface area contributed by atoms with E-state index in [1.54, 1.807) is 25.3 Å². The molecule has 1 heterocycles. The lowest BCUT2D eigenvalue weighted by atomic mass is 10.2. The molecule has 0 aliphatic heterocycles. The molecule has 0 radical (unpaired) electrons. The van der Waals surface area contributed by atoms with Gasteiger partial charge in [-0.3, -0.25) is 4.79 Å². The van der Waals surface area contributed by atoms with E-state index in [0.29, 0.717) is 23.8 Å². The summed E-state index contributed by atoms with van der Waals surface area (Å²) < 4.78 is 5.35. The van der Waals surface area contributed by atoms with E-state index in [4.69, 9.17) is 4.74 Å². The van der Waals surface area contributed by atoms with E-state index in [-0.39, 0.29) is 5.91 Å². The van der Waals surface area contributed by atoms with Gasteiger partial charge in [0, 0.05) is 13.6 Å². The summed E-state index contributed by atoms with van der Waals surface area (Å²) in [5, 5.41) is 3.18. The molecule has 0 aliphatic rings. The fraction of sp³-hybridized carbons (Fsp3) is 0.190. The van der Waals surface area contributed by atoms with Gasteiger partial charge in [0.1, 0.15) is 17.3 Å². The van der Waals surface area contributed by atoms with E-state index < -0.39 is 0 Å². The van der Waals surface area contributed by atoms with Gasteiger partial charge in [0.05, 0.1) is 25.2 Å². The minimum absolute atomic E-state index is 0.175. The van der Waals surface area contributed by atoms with Gasteiger partial charge in [0.15, 0.2) is 0 Å². The molecule has 0 unspecified atom stereocenters. The highest BCUT2D eigenvalue weighted by Gasteiger charge is 2.14. The molecule has 0 spiro atoms. The molecule has 1 amide bonds. The maximum absolute atomic E-state index is 12.5. The fourth-order valence-corrected chi connectivity index (χ4v) is 2.69. The smallest absolute Gasteiger partial charge is 0.274 e. The first kappa shape index (κ1) is 18.4. The van der Waals surface area contributed by atoms with Gasteiger partial charge in [-0.05, 0) is 30.2 Å². The van der Waals surface area contributed by atoms with Crippen molar-refractivity contribution in [1.82, 2.24) is 14.9 Å². The number of aromatic nitrogens is 2. The summed E-state index contributed by atoms with van der Waals surface area (Å²) in [6.45, 7) is 2.52. The maximum Gasteiger partial charge on any atom is 0.274 e. The topological polar surface area (TPSA) is 67.3 Å². The molecular formula is C21H22N4O2. The average molecular weight is 362 g/mol. The predicted molar refractivity (Wildman–Crippen MR) is 105 cm³/mol. The highest BCUT2D eigenvalue weighted by molar-refractivity contribution is 5.91. The van der Waals surface area contributed by atoms with Crippen LogP contribution in [0.1, 0.15) is 21.6 Å². The standard InChI is InChI=1S/C21H22N4O2/c1-15-9-10-19(27-3)17(11-15)24-20-13-22-18(12-23-20)21(26)25(2)14-16-7-5-4-6-8-16/h4-13H,14H2,1-3H3,(H,23,24). The van der Waals surface area contributed by atoms with Crippen molar-refractivity contribution in [2.24, 2.45) is 0 Å². The highest BCUT2D eigenvalue weighted by Crippen LogP contribution is 2.27. The molecule has 3 rings (SSSR count). The molecule has 1 aromatic heterocycles. The van der Waals surface area contributed by atoms with Crippen molar-refractivity contribution in [3.05, 3.63) is 77.7 Å². The Bertz CT molecular complexity index is 911. The molecule has 3 aromatic rings. The van der Waals surface area contributed by atoms with Gasteiger partial charge in [-0.15, -0.1) is 0 Å². The Hall–Kier alpha value is -3.41. The average Bonchev–Trinajstić information content (AvgIpc) is 2.69. The molecule has 0 saturated carbocycles. The van der Waals surface area contributed by atoms with Crippen molar-refractivity contribution in [2.45, 2.75) is 13.5 Å². The number of aryl methyl sites for hydroxylation is 1. The van der Waals surface area contributed by atoms with Crippen molar-refractivity contribution in [3.8, 4) is 5.75 Å². The van der Waals surface area contributed by atoms with Crippen LogP contribution in [0.5, 0.6) is 5.75 Å². The first-order valence-electron chi connectivity index (χ1n) is 8.60. The van der Waals surface area contributed by atoms with Gasteiger partial charge in [0.2, 0.25) is 0 Å². The molecule has 138 valence electrons. The lowest BCUT2D eigenvalue weighted by Gasteiger charge is -2.17. The van der Waals surface area contributed by atoms with Gasteiger partial charge in [-0.25, -0.2) is 9.97 Å². The Morgan fingerprint density at radius 2 is 1.89 bits per heavy atom. The van der Waals surface area contributed by atoms with E-state index in [0.717, 1.165) is 16.8 Å². The summed E-state index contributed by atoms with van der Waals surface area (Å²) in [5.74, 6) is 1.08. The lowest BCUT2D eigenvalue weighted by molar-refractivity contribution is 0.0779. The van der Waals surface area contributed by atoms with Crippen molar-refractivity contribution in [2.75, 3.05) is 19.5 Å². The number of carbonyl (C=O) groups excluding carboxylic acids is 1. The second-order valence-electron chi connectivity index (χ2n) is 6.26. The summed E-state index contributed by atoms with van der Waals surface area (Å²) >= 11 is 0. The number of nitrogens with zero attached hydrogens (tertiary/aromatic N) is 3. The van der Waals surface area contributed by atoms with E-state index in [9.17, 15) is 4.79 Å². The number of anilines is 2. The van der Waals surface area contributed by atoms with Crippen LogP contribution in [0.3, 0.4) is 0 Å². The van der Waals surface area contributed by atoms with Crippen molar-refractivity contribution < 1.29 is 9.53 Å². The predicted octanol–water partition coefficient (Wildman–Crippen LogP) is 3.81. The van der Waals surface area contributed by atoms with Crippen LogP contribution in [0.15, 0.2) is 60.9 Å². The number of rotatable bonds is 6. The molecular weight excluding hydrogens is 340 g/mol. The number of hydrogen-bond donors (Lipinski definition) is 1. The Morgan fingerprint density at radius 1 is 1.11 bits per heavy atom. The zero-order chi connectivity index (χ0) is 19.2. The molecule has 0 aliphatic carbocycles. The van der Waals surface area contributed by atoms with Crippen LogP contribution in [-0.2, 0) is 6.54 Å². The normalized spacial score (nSPS) is 10.3. The Balaban J connectivity index is 1.70. The van der Waals surface area contributed by atoms with Crippen LogP contribution in [0.2, 0.25) is 0 Å². The zero-order valence-corrected chi connectivity index (χ0v) is 15.6. The summed E-state index contributed by atoms with van der Waals surface area (Å²) in [5.41, 5.74) is 3.26. The second-order valence-corrected chi connectivity index (χ2v) is 6.26. The molecule has 2 aromatic carbocycles. The van der Waals surface area contributed by atoms with E-state index in [1.165, 1.54) is 6.20 Å². The van der Waals surface area contributed by atoms with Crippen molar-refractivity contribution in [1.29, 1.82) is 0 Å². The third-order valence-electron chi connectivity index (χ3n) is 4.10. The van der Waals surface area contributed by atoms with Crippen LogP contribution in [0.25, 0.3) is 0 Å².